The maximum Gasteiger partial charge on any atom is 0.0897 e. The third kappa shape index (κ3) is 3.19. The quantitative estimate of drug-likeness (QED) is 0.926. The number of rotatable bonds is 3. The first-order valence-electron chi connectivity index (χ1n) is 5.18. The van der Waals surface area contributed by atoms with E-state index in [1.807, 2.05) is 19.2 Å². The van der Waals surface area contributed by atoms with Crippen LogP contribution in [0, 0.1) is 6.92 Å². The van der Waals surface area contributed by atoms with Gasteiger partial charge in [-0.1, -0.05) is 23.2 Å². The molecule has 1 unspecified atom stereocenters. The van der Waals surface area contributed by atoms with E-state index in [-0.39, 0.29) is 6.04 Å². The van der Waals surface area contributed by atoms with Crippen molar-refractivity contribution in [3.05, 3.63) is 49.9 Å². The fourth-order valence-electron chi connectivity index (χ4n) is 1.59. The standard InChI is InChI=1S/C12H12Cl2N2S/c1-7-16-6-12(17-7)11(15)5-8-4-9(13)2-3-10(8)14/h2-4,6,11H,5,15H2,1H3. The Kier molecular flexibility index (Phi) is 4.05. The van der Waals surface area contributed by atoms with Crippen LogP contribution in [0.3, 0.4) is 0 Å². The Bertz CT molecular complexity index is 525. The topological polar surface area (TPSA) is 38.9 Å². The van der Waals surface area contributed by atoms with Crippen molar-refractivity contribution in [2.45, 2.75) is 19.4 Å². The summed E-state index contributed by atoms with van der Waals surface area (Å²) in [6.07, 6.45) is 2.49. The Hall–Kier alpha value is -0.610. The summed E-state index contributed by atoms with van der Waals surface area (Å²) in [4.78, 5) is 5.27. The summed E-state index contributed by atoms with van der Waals surface area (Å²) in [5.41, 5.74) is 7.10. The van der Waals surface area contributed by atoms with E-state index < -0.39 is 0 Å². The summed E-state index contributed by atoms with van der Waals surface area (Å²) in [6.45, 7) is 1.97. The highest BCUT2D eigenvalue weighted by Gasteiger charge is 2.12. The molecular formula is C12H12Cl2N2S. The van der Waals surface area contributed by atoms with Gasteiger partial charge in [0.15, 0.2) is 0 Å². The molecule has 90 valence electrons. The van der Waals surface area contributed by atoms with Crippen molar-refractivity contribution < 1.29 is 0 Å². The molecule has 2 aromatic rings. The molecule has 1 heterocycles. The zero-order valence-electron chi connectivity index (χ0n) is 9.28. The Balaban J connectivity index is 2.18. The average Bonchev–Trinajstić information content (AvgIpc) is 2.70. The van der Waals surface area contributed by atoms with Gasteiger partial charge in [-0.2, -0.15) is 0 Å². The first kappa shape index (κ1) is 12.8. The molecule has 0 amide bonds. The number of aromatic nitrogens is 1. The second kappa shape index (κ2) is 5.36. The molecule has 0 saturated carbocycles. The third-order valence-corrected chi connectivity index (χ3v) is 4.10. The molecule has 1 aromatic carbocycles. The molecule has 1 atom stereocenters. The molecule has 17 heavy (non-hydrogen) atoms. The minimum Gasteiger partial charge on any atom is -0.323 e. The number of nitrogens with two attached hydrogens (primary N) is 1. The van der Waals surface area contributed by atoms with E-state index in [0.717, 1.165) is 15.4 Å². The SMILES string of the molecule is Cc1ncc(C(N)Cc2cc(Cl)ccc2Cl)s1. The van der Waals surface area contributed by atoms with Crippen LogP contribution in [-0.2, 0) is 6.42 Å². The number of hydrogen-bond donors (Lipinski definition) is 1. The van der Waals surface area contributed by atoms with Gasteiger partial charge < -0.3 is 5.73 Å². The van der Waals surface area contributed by atoms with E-state index in [4.69, 9.17) is 28.9 Å². The van der Waals surface area contributed by atoms with Crippen LogP contribution in [0.2, 0.25) is 10.0 Å². The normalized spacial score (nSPS) is 12.7. The minimum absolute atomic E-state index is 0.0860. The molecule has 2 N–H and O–H groups in total. The maximum atomic E-state index is 6.13. The van der Waals surface area contributed by atoms with Crippen molar-refractivity contribution in [2.75, 3.05) is 0 Å². The van der Waals surface area contributed by atoms with Crippen LogP contribution in [0.4, 0.5) is 0 Å². The molecule has 0 bridgehead atoms. The van der Waals surface area contributed by atoms with Crippen LogP contribution in [0.15, 0.2) is 24.4 Å². The maximum absolute atomic E-state index is 6.13. The van der Waals surface area contributed by atoms with E-state index in [9.17, 15) is 0 Å². The Morgan fingerprint density at radius 2 is 2.18 bits per heavy atom. The summed E-state index contributed by atoms with van der Waals surface area (Å²) in [6, 6.07) is 5.34. The van der Waals surface area contributed by atoms with Crippen LogP contribution in [0.5, 0.6) is 0 Å². The lowest BCUT2D eigenvalue weighted by Crippen LogP contribution is -2.12. The lowest BCUT2D eigenvalue weighted by atomic mass is 10.1. The van der Waals surface area contributed by atoms with Gasteiger partial charge in [-0.3, -0.25) is 0 Å². The fourth-order valence-corrected chi connectivity index (χ4v) is 2.76. The second-order valence-corrected chi connectivity index (χ2v) is 5.94. The highest BCUT2D eigenvalue weighted by Crippen LogP contribution is 2.27. The average molecular weight is 287 g/mol. The van der Waals surface area contributed by atoms with Gasteiger partial charge in [0.1, 0.15) is 0 Å². The molecule has 0 aliphatic heterocycles. The van der Waals surface area contributed by atoms with Gasteiger partial charge in [0.05, 0.1) is 5.01 Å². The molecule has 1 aromatic heterocycles. The van der Waals surface area contributed by atoms with Crippen LogP contribution < -0.4 is 5.73 Å². The Labute approximate surface area is 114 Å². The molecule has 0 spiro atoms. The summed E-state index contributed by atoms with van der Waals surface area (Å²) in [5, 5.41) is 2.40. The van der Waals surface area contributed by atoms with Gasteiger partial charge >= 0.3 is 0 Å². The van der Waals surface area contributed by atoms with Crippen LogP contribution in [0.1, 0.15) is 21.5 Å². The van der Waals surface area contributed by atoms with E-state index in [1.165, 1.54) is 0 Å². The van der Waals surface area contributed by atoms with E-state index in [1.54, 1.807) is 23.5 Å². The lowest BCUT2D eigenvalue weighted by Gasteiger charge is -2.10. The summed E-state index contributed by atoms with van der Waals surface area (Å²) >= 11 is 13.7. The predicted octanol–water partition coefficient (Wildman–Crippen LogP) is 4.00. The molecule has 0 saturated heterocycles. The molecule has 0 radical (unpaired) electrons. The van der Waals surface area contributed by atoms with E-state index in [0.29, 0.717) is 16.5 Å². The first-order valence-corrected chi connectivity index (χ1v) is 6.75. The molecular weight excluding hydrogens is 275 g/mol. The summed E-state index contributed by atoms with van der Waals surface area (Å²) < 4.78 is 0. The van der Waals surface area contributed by atoms with Crippen molar-refractivity contribution >= 4 is 34.5 Å². The first-order chi connectivity index (χ1) is 8.06. The van der Waals surface area contributed by atoms with Crippen molar-refractivity contribution in [2.24, 2.45) is 5.73 Å². The van der Waals surface area contributed by atoms with Gasteiger partial charge in [-0.15, -0.1) is 11.3 Å². The van der Waals surface area contributed by atoms with Gasteiger partial charge in [-0.25, -0.2) is 4.98 Å². The fraction of sp³-hybridized carbons (Fsp3) is 0.250. The summed E-state index contributed by atoms with van der Waals surface area (Å²) in [5.74, 6) is 0. The van der Waals surface area contributed by atoms with Crippen molar-refractivity contribution in [1.82, 2.24) is 4.98 Å². The molecule has 5 heteroatoms. The number of hydrogen-bond acceptors (Lipinski definition) is 3. The van der Waals surface area contributed by atoms with Gasteiger partial charge in [0, 0.05) is 27.2 Å². The van der Waals surface area contributed by atoms with Crippen LogP contribution in [0.25, 0.3) is 0 Å². The molecule has 2 nitrogen and oxygen atoms in total. The number of thiazole rings is 1. The van der Waals surface area contributed by atoms with Gasteiger partial charge in [0.2, 0.25) is 0 Å². The lowest BCUT2D eigenvalue weighted by molar-refractivity contribution is 0.734. The summed E-state index contributed by atoms with van der Waals surface area (Å²) in [7, 11) is 0. The van der Waals surface area contributed by atoms with E-state index >= 15 is 0 Å². The van der Waals surface area contributed by atoms with E-state index in [2.05, 4.69) is 4.98 Å². The number of benzene rings is 1. The van der Waals surface area contributed by atoms with Crippen molar-refractivity contribution in [3.8, 4) is 0 Å². The second-order valence-electron chi connectivity index (χ2n) is 3.83. The number of nitrogens with zero attached hydrogens (tertiary/aromatic N) is 1. The molecule has 0 aliphatic carbocycles. The van der Waals surface area contributed by atoms with Crippen molar-refractivity contribution in [3.63, 3.8) is 0 Å². The number of halogens is 2. The molecule has 0 fully saturated rings. The predicted molar refractivity (Wildman–Crippen MR) is 73.9 cm³/mol. The van der Waals surface area contributed by atoms with Gasteiger partial charge in [-0.05, 0) is 37.1 Å². The Morgan fingerprint density at radius 3 is 2.82 bits per heavy atom. The highest BCUT2D eigenvalue weighted by atomic mass is 35.5. The number of aryl methyl sites for hydroxylation is 1. The van der Waals surface area contributed by atoms with Crippen LogP contribution >= 0.6 is 34.5 Å². The largest absolute Gasteiger partial charge is 0.323 e. The van der Waals surface area contributed by atoms with Gasteiger partial charge in [0.25, 0.3) is 0 Å². The monoisotopic (exact) mass is 286 g/mol. The third-order valence-electron chi connectivity index (χ3n) is 2.45. The zero-order valence-corrected chi connectivity index (χ0v) is 11.6. The van der Waals surface area contributed by atoms with Crippen LogP contribution in [-0.4, -0.2) is 4.98 Å². The molecule has 2 rings (SSSR count). The Morgan fingerprint density at radius 1 is 1.41 bits per heavy atom. The smallest absolute Gasteiger partial charge is 0.0897 e. The highest BCUT2D eigenvalue weighted by molar-refractivity contribution is 7.11. The van der Waals surface area contributed by atoms with Crippen molar-refractivity contribution in [1.29, 1.82) is 0 Å². The zero-order chi connectivity index (χ0) is 12.4. The molecule has 0 aliphatic rings. The minimum atomic E-state index is -0.0860.